The van der Waals surface area contributed by atoms with Crippen molar-refractivity contribution >= 4 is 42.9 Å². The fourth-order valence-electron chi connectivity index (χ4n) is 1.66. The summed E-state index contributed by atoms with van der Waals surface area (Å²) in [6.07, 6.45) is 0. The molecule has 1 heterocycles. The summed E-state index contributed by atoms with van der Waals surface area (Å²) in [6, 6.07) is 9.59. The van der Waals surface area contributed by atoms with Gasteiger partial charge in [-0.3, -0.25) is 4.79 Å². The monoisotopic (exact) mass is 374 g/mol. The third-order valence-electron chi connectivity index (χ3n) is 2.57. The van der Waals surface area contributed by atoms with Crippen LogP contribution in [0.2, 0.25) is 0 Å². The highest BCUT2D eigenvalue weighted by Crippen LogP contribution is 2.26. The van der Waals surface area contributed by atoms with Crippen molar-refractivity contribution in [3.05, 3.63) is 45.1 Å². The molecule has 0 fully saturated rings. The average molecular weight is 375 g/mol. The number of ether oxygens (including phenoxy) is 1. The van der Waals surface area contributed by atoms with Crippen LogP contribution < -0.4 is 4.74 Å². The Hall–Kier alpha value is -1.18. The summed E-state index contributed by atoms with van der Waals surface area (Å²) in [6.45, 7) is 0. The highest BCUT2D eigenvalue weighted by atomic mass is 79.9. The van der Waals surface area contributed by atoms with E-state index < -0.39 is 21.4 Å². The molecule has 2 aromatic rings. The first-order valence-corrected chi connectivity index (χ1v) is 8.84. The molecule has 0 saturated carbocycles. The maximum atomic E-state index is 12.3. The van der Waals surface area contributed by atoms with Gasteiger partial charge in [-0.15, -0.1) is 11.3 Å². The van der Waals surface area contributed by atoms with Crippen molar-refractivity contribution in [1.29, 1.82) is 0 Å². The summed E-state index contributed by atoms with van der Waals surface area (Å²) in [5.41, 5.74) is 0. The van der Waals surface area contributed by atoms with Gasteiger partial charge in [0.2, 0.25) is 0 Å². The minimum Gasteiger partial charge on any atom is -0.495 e. The van der Waals surface area contributed by atoms with Gasteiger partial charge in [-0.25, -0.2) is 8.42 Å². The van der Waals surface area contributed by atoms with Gasteiger partial charge >= 0.3 is 0 Å². The number of halogens is 1. The van der Waals surface area contributed by atoms with Crippen LogP contribution in [0.25, 0.3) is 0 Å². The number of hydrogen-bond acceptors (Lipinski definition) is 5. The number of carbonyl (C=O) groups excluding carboxylic acids is 1. The number of methoxy groups -OCH3 is 1. The van der Waals surface area contributed by atoms with Crippen LogP contribution in [0.3, 0.4) is 0 Å². The van der Waals surface area contributed by atoms with Crippen molar-refractivity contribution in [2.24, 2.45) is 0 Å². The number of thiophene rings is 1. The molecule has 7 heteroatoms. The normalized spacial score (nSPS) is 11.3. The van der Waals surface area contributed by atoms with Crippen molar-refractivity contribution in [2.45, 2.75) is 4.90 Å². The molecule has 0 amide bonds. The van der Waals surface area contributed by atoms with E-state index >= 15 is 0 Å². The van der Waals surface area contributed by atoms with E-state index in [0.717, 1.165) is 3.79 Å². The van der Waals surface area contributed by atoms with Gasteiger partial charge < -0.3 is 4.74 Å². The van der Waals surface area contributed by atoms with E-state index in [9.17, 15) is 13.2 Å². The van der Waals surface area contributed by atoms with Crippen LogP contribution in [-0.2, 0) is 9.84 Å². The van der Waals surface area contributed by atoms with E-state index in [2.05, 4.69) is 15.9 Å². The van der Waals surface area contributed by atoms with E-state index in [1.54, 1.807) is 30.3 Å². The highest BCUT2D eigenvalue weighted by Gasteiger charge is 2.24. The predicted molar refractivity (Wildman–Crippen MR) is 81.4 cm³/mol. The second-order valence-corrected chi connectivity index (χ2v) is 8.36. The van der Waals surface area contributed by atoms with Gasteiger partial charge in [-0.05, 0) is 40.2 Å². The van der Waals surface area contributed by atoms with E-state index in [-0.39, 0.29) is 10.6 Å². The van der Waals surface area contributed by atoms with Crippen molar-refractivity contribution < 1.29 is 17.9 Å². The molecule has 0 aliphatic heterocycles. The maximum absolute atomic E-state index is 12.3. The fraction of sp³-hybridized carbons (Fsp3) is 0.154. The molecule has 0 saturated heterocycles. The lowest BCUT2D eigenvalue weighted by Crippen LogP contribution is -2.16. The van der Waals surface area contributed by atoms with Gasteiger partial charge in [-0.2, -0.15) is 0 Å². The van der Waals surface area contributed by atoms with E-state index in [4.69, 9.17) is 4.74 Å². The third kappa shape index (κ3) is 3.28. The smallest absolute Gasteiger partial charge is 0.189 e. The predicted octanol–water partition coefficient (Wildman–Crippen LogP) is 3.18. The lowest BCUT2D eigenvalue weighted by atomic mass is 10.3. The molecule has 0 aliphatic carbocycles. The zero-order valence-corrected chi connectivity index (χ0v) is 13.7. The van der Waals surface area contributed by atoms with Crippen molar-refractivity contribution in [1.82, 2.24) is 0 Å². The van der Waals surface area contributed by atoms with Gasteiger partial charge in [0.1, 0.15) is 16.4 Å². The summed E-state index contributed by atoms with van der Waals surface area (Å²) in [4.78, 5) is 12.5. The first-order chi connectivity index (χ1) is 9.44. The molecule has 106 valence electrons. The summed E-state index contributed by atoms with van der Waals surface area (Å²) in [7, 11) is -2.33. The van der Waals surface area contributed by atoms with E-state index in [0.29, 0.717) is 4.88 Å². The van der Waals surface area contributed by atoms with Crippen molar-refractivity contribution in [3.63, 3.8) is 0 Å². The standard InChI is InChI=1S/C13H11BrO4S2/c1-18-10-4-2-3-5-12(10)20(16,17)8-9(15)11-6-7-13(14)19-11/h2-7H,8H2,1H3. The second kappa shape index (κ2) is 6.07. The molecule has 0 unspecified atom stereocenters. The van der Waals surface area contributed by atoms with Gasteiger partial charge in [0, 0.05) is 0 Å². The first kappa shape index (κ1) is 15.2. The molecular weight excluding hydrogens is 364 g/mol. The molecule has 2 rings (SSSR count). The number of carbonyl (C=O) groups is 1. The number of rotatable bonds is 5. The minimum atomic E-state index is -3.72. The molecule has 20 heavy (non-hydrogen) atoms. The van der Waals surface area contributed by atoms with Crippen LogP contribution in [-0.4, -0.2) is 27.1 Å². The lowest BCUT2D eigenvalue weighted by Gasteiger charge is -2.08. The highest BCUT2D eigenvalue weighted by molar-refractivity contribution is 9.11. The SMILES string of the molecule is COc1ccccc1S(=O)(=O)CC(=O)c1ccc(Br)s1. The van der Waals surface area contributed by atoms with E-state index in [1.807, 2.05) is 0 Å². The van der Waals surface area contributed by atoms with Crippen LogP contribution in [0.5, 0.6) is 5.75 Å². The molecule has 1 aromatic carbocycles. The summed E-state index contributed by atoms with van der Waals surface area (Å²) in [5, 5.41) is 0. The van der Waals surface area contributed by atoms with Gasteiger partial charge in [-0.1, -0.05) is 12.1 Å². The number of sulfone groups is 1. The Morgan fingerprint density at radius 2 is 1.95 bits per heavy atom. The Morgan fingerprint density at radius 1 is 1.25 bits per heavy atom. The summed E-state index contributed by atoms with van der Waals surface area (Å²) >= 11 is 4.46. The van der Waals surface area contributed by atoms with Crippen LogP contribution in [0.15, 0.2) is 45.1 Å². The van der Waals surface area contributed by atoms with Crippen LogP contribution in [0.1, 0.15) is 9.67 Å². The third-order valence-corrected chi connectivity index (χ3v) is 5.89. The topological polar surface area (TPSA) is 60.4 Å². The molecule has 0 N–H and O–H groups in total. The Morgan fingerprint density at radius 3 is 2.55 bits per heavy atom. The second-order valence-electron chi connectivity index (χ2n) is 3.94. The maximum Gasteiger partial charge on any atom is 0.189 e. The van der Waals surface area contributed by atoms with Gasteiger partial charge in [0.25, 0.3) is 0 Å². The zero-order valence-electron chi connectivity index (χ0n) is 10.5. The van der Waals surface area contributed by atoms with Crippen LogP contribution in [0, 0.1) is 0 Å². The van der Waals surface area contributed by atoms with Crippen molar-refractivity contribution in [2.75, 3.05) is 12.9 Å². The minimum absolute atomic E-state index is 0.0338. The lowest BCUT2D eigenvalue weighted by molar-refractivity contribution is 0.102. The molecule has 4 nitrogen and oxygen atoms in total. The molecule has 0 spiro atoms. The zero-order chi connectivity index (χ0) is 14.8. The van der Waals surface area contributed by atoms with Crippen LogP contribution >= 0.6 is 27.3 Å². The quantitative estimate of drug-likeness (QED) is 0.754. The Bertz CT molecular complexity index is 734. The fourth-order valence-corrected chi connectivity index (χ4v) is 4.48. The summed E-state index contributed by atoms with van der Waals surface area (Å²) < 4.78 is 30.4. The largest absolute Gasteiger partial charge is 0.495 e. The molecular formula is C13H11BrO4S2. The molecule has 1 aromatic heterocycles. The van der Waals surface area contributed by atoms with E-state index in [1.165, 1.54) is 24.5 Å². The van der Waals surface area contributed by atoms with Crippen LogP contribution in [0.4, 0.5) is 0 Å². The Kier molecular flexibility index (Phi) is 4.62. The number of hydrogen-bond donors (Lipinski definition) is 0. The average Bonchev–Trinajstić information content (AvgIpc) is 2.85. The van der Waals surface area contributed by atoms with Gasteiger partial charge in [0.15, 0.2) is 15.6 Å². The summed E-state index contributed by atoms with van der Waals surface area (Å²) in [5.74, 6) is -0.750. The Balaban J connectivity index is 2.30. The first-order valence-electron chi connectivity index (χ1n) is 5.58. The van der Waals surface area contributed by atoms with Crippen molar-refractivity contribution in [3.8, 4) is 5.75 Å². The number of benzene rings is 1. The number of Topliss-reactive ketones (excluding diaryl/α,β-unsaturated/α-hetero) is 1. The number of ketones is 1. The molecule has 0 aliphatic rings. The molecule has 0 atom stereocenters. The number of para-hydroxylation sites is 1. The molecule has 0 radical (unpaired) electrons. The Labute approximate surface area is 129 Å². The van der Waals surface area contributed by atoms with Gasteiger partial charge in [0.05, 0.1) is 15.8 Å². The molecule has 0 bridgehead atoms.